The highest BCUT2D eigenvalue weighted by Gasteiger charge is 2.26. The topological polar surface area (TPSA) is 54.3 Å². The molecule has 1 aromatic heterocycles. The molecule has 3 aromatic rings. The maximum Gasteiger partial charge on any atom is 0.195 e. The first-order valence-corrected chi connectivity index (χ1v) is 11.3. The monoisotopic (exact) mass is 483 g/mol. The van der Waals surface area contributed by atoms with Crippen LogP contribution < -0.4 is 0 Å². The Labute approximate surface area is 205 Å². The largest absolute Gasteiger partial charge is 0.300 e. The van der Waals surface area contributed by atoms with Gasteiger partial charge in [0.1, 0.15) is 0 Å². The quantitative estimate of drug-likeness (QED) is 0.320. The molecule has 0 aliphatic heterocycles. The highest BCUT2D eigenvalue weighted by atomic mass is 35.5. The van der Waals surface area contributed by atoms with Crippen molar-refractivity contribution in [1.82, 2.24) is 24.6 Å². The van der Waals surface area contributed by atoms with E-state index in [1.165, 1.54) is 0 Å². The van der Waals surface area contributed by atoms with E-state index in [4.69, 9.17) is 29.6 Å². The molecule has 0 bridgehead atoms. The second-order valence-corrected chi connectivity index (χ2v) is 8.95. The average Bonchev–Trinajstić information content (AvgIpc) is 3.15. The second kappa shape index (κ2) is 11.0. The van der Waals surface area contributed by atoms with E-state index < -0.39 is 0 Å². The summed E-state index contributed by atoms with van der Waals surface area (Å²) in [5.41, 5.74) is 1.62. The first kappa shape index (κ1) is 24.9. The highest BCUT2D eigenvalue weighted by Crippen LogP contribution is 2.29. The standard InChI is InChI=1S/C25H27Cl2N5O/c1-6-12-31(5)16-23-28-29-25(21(7-2)30(3)4)32(23)22-11-9-8-10-20(22)24(33)17-13-18(26)15-19(27)14-17/h1,8-11,13-15,21H,7,12,16H2,2-5H3. The number of ketones is 1. The van der Waals surface area contributed by atoms with Crippen molar-refractivity contribution < 1.29 is 4.79 Å². The summed E-state index contributed by atoms with van der Waals surface area (Å²) >= 11 is 12.3. The summed E-state index contributed by atoms with van der Waals surface area (Å²) in [6, 6.07) is 12.3. The fourth-order valence-corrected chi connectivity index (χ4v) is 4.37. The van der Waals surface area contributed by atoms with Crippen molar-refractivity contribution in [3.8, 4) is 18.0 Å². The lowest BCUT2D eigenvalue weighted by atomic mass is 10.0. The van der Waals surface area contributed by atoms with Gasteiger partial charge in [-0.2, -0.15) is 0 Å². The Hall–Kier alpha value is -2.69. The van der Waals surface area contributed by atoms with Gasteiger partial charge in [-0.05, 0) is 57.9 Å². The maximum absolute atomic E-state index is 13.6. The van der Waals surface area contributed by atoms with E-state index in [0.717, 1.165) is 12.2 Å². The Kier molecular flexibility index (Phi) is 8.28. The van der Waals surface area contributed by atoms with Gasteiger partial charge in [-0.25, -0.2) is 0 Å². The van der Waals surface area contributed by atoms with Gasteiger partial charge in [-0.15, -0.1) is 16.6 Å². The van der Waals surface area contributed by atoms with E-state index in [-0.39, 0.29) is 11.8 Å². The number of halogens is 2. The van der Waals surface area contributed by atoms with Crippen LogP contribution in [0.4, 0.5) is 0 Å². The predicted octanol–water partition coefficient (Wildman–Crippen LogP) is 4.88. The highest BCUT2D eigenvalue weighted by molar-refractivity contribution is 6.35. The summed E-state index contributed by atoms with van der Waals surface area (Å²) in [7, 11) is 5.93. The molecule has 1 heterocycles. The third-order valence-corrected chi connectivity index (χ3v) is 5.79. The molecule has 0 aliphatic carbocycles. The molecule has 3 rings (SSSR count). The average molecular weight is 484 g/mol. The molecule has 6 nitrogen and oxygen atoms in total. The van der Waals surface area contributed by atoms with Crippen LogP contribution in [0.2, 0.25) is 10.0 Å². The van der Waals surface area contributed by atoms with Crippen LogP contribution >= 0.6 is 23.2 Å². The Morgan fingerprint density at radius 1 is 1.12 bits per heavy atom. The molecule has 0 radical (unpaired) electrons. The lowest BCUT2D eigenvalue weighted by molar-refractivity contribution is 0.103. The summed E-state index contributed by atoms with van der Waals surface area (Å²) in [4.78, 5) is 17.6. The van der Waals surface area contributed by atoms with Crippen LogP contribution in [-0.4, -0.2) is 58.0 Å². The first-order valence-electron chi connectivity index (χ1n) is 10.6. The molecule has 8 heteroatoms. The summed E-state index contributed by atoms with van der Waals surface area (Å²) in [5, 5.41) is 9.84. The Balaban J connectivity index is 2.20. The number of para-hydroxylation sites is 1. The van der Waals surface area contributed by atoms with Gasteiger partial charge >= 0.3 is 0 Å². The van der Waals surface area contributed by atoms with Crippen LogP contribution in [0, 0.1) is 12.3 Å². The lowest BCUT2D eigenvalue weighted by Crippen LogP contribution is -2.25. The minimum absolute atomic E-state index is 0.00737. The van der Waals surface area contributed by atoms with E-state index in [9.17, 15) is 4.79 Å². The minimum atomic E-state index is -0.185. The van der Waals surface area contributed by atoms with Gasteiger partial charge in [-0.1, -0.05) is 48.2 Å². The van der Waals surface area contributed by atoms with Crippen LogP contribution in [0.15, 0.2) is 42.5 Å². The van der Waals surface area contributed by atoms with Crippen LogP contribution in [0.25, 0.3) is 5.69 Å². The summed E-state index contributed by atoms with van der Waals surface area (Å²) < 4.78 is 1.97. The zero-order valence-corrected chi connectivity index (χ0v) is 20.7. The molecule has 1 unspecified atom stereocenters. The van der Waals surface area contributed by atoms with Crippen molar-refractivity contribution in [2.75, 3.05) is 27.7 Å². The lowest BCUT2D eigenvalue weighted by Gasteiger charge is -2.24. The smallest absolute Gasteiger partial charge is 0.195 e. The van der Waals surface area contributed by atoms with Gasteiger partial charge in [0.25, 0.3) is 0 Å². The third kappa shape index (κ3) is 5.63. The third-order valence-electron chi connectivity index (χ3n) is 5.35. The fourth-order valence-electron chi connectivity index (χ4n) is 3.84. The molecule has 0 aliphatic rings. The molecule has 33 heavy (non-hydrogen) atoms. The van der Waals surface area contributed by atoms with Crippen LogP contribution in [-0.2, 0) is 6.54 Å². The van der Waals surface area contributed by atoms with E-state index in [0.29, 0.717) is 45.8 Å². The Morgan fingerprint density at radius 3 is 2.39 bits per heavy atom. The van der Waals surface area contributed by atoms with E-state index in [1.807, 2.05) is 48.8 Å². The molecule has 0 amide bonds. The molecule has 0 spiro atoms. The molecule has 0 saturated heterocycles. The zero-order chi connectivity index (χ0) is 24.1. The van der Waals surface area contributed by atoms with Gasteiger partial charge in [-0.3, -0.25) is 19.2 Å². The summed E-state index contributed by atoms with van der Waals surface area (Å²) in [5.74, 6) is 3.93. The number of hydrogen-bond acceptors (Lipinski definition) is 5. The van der Waals surface area contributed by atoms with Gasteiger partial charge in [0.2, 0.25) is 0 Å². The molecule has 172 valence electrons. The molecular weight excluding hydrogens is 457 g/mol. The van der Waals surface area contributed by atoms with Crippen LogP contribution in [0.5, 0.6) is 0 Å². The van der Waals surface area contributed by atoms with E-state index in [2.05, 4.69) is 27.9 Å². The van der Waals surface area contributed by atoms with Crippen molar-refractivity contribution >= 4 is 29.0 Å². The summed E-state index contributed by atoms with van der Waals surface area (Å²) in [6.45, 7) is 3.04. The predicted molar refractivity (Wildman–Crippen MR) is 133 cm³/mol. The molecule has 0 N–H and O–H groups in total. The number of hydrogen-bond donors (Lipinski definition) is 0. The van der Waals surface area contributed by atoms with E-state index in [1.54, 1.807) is 24.3 Å². The Morgan fingerprint density at radius 2 is 1.79 bits per heavy atom. The van der Waals surface area contributed by atoms with Crippen molar-refractivity contribution in [2.45, 2.75) is 25.9 Å². The normalized spacial score (nSPS) is 12.2. The van der Waals surface area contributed by atoms with E-state index >= 15 is 0 Å². The number of terminal acetylenes is 1. The maximum atomic E-state index is 13.6. The number of nitrogens with zero attached hydrogens (tertiary/aromatic N) is 5. The van der Waals surface area contributed by atoms with Crippen molar-refractivity contribution in [3.05, 3.63) is 75.3 Å². The number of carbonyl (C=O) groups is 1. The number of benzene rings is 2. The van der Waals surface area contributed by atoms with Gasteiger partial charge in [0, 0.05) is 21.2 Å². The molecule has 0 fully saturated rings. The van der Waals surface area contributed by atoms with Crippen molar-refractivity contribution in [3.63, 3.8) is 0 Å². The van der Waals surface area contributed by atoms with Crippen LogP contribution in [0.3, 0.4) is 0 Å². The van der Waals surface area contributed by atoms with Gasteiger partial charge in [0.05, 0.1) is 24.8 Å². The summed E-state index contributed by atoms with van der Waals surface area (Å²) in [6.07, 6.45) is 6.32. The number of aromatic nitrogens is 3. The first-order chi connectivity index (χ1) is 15.8. The molecule has 0 saturated carbocycles. The van der Waals surface area contributed by atoms with Crippen molar-refractivity contribution in [1.29, 1.82) is 0 Å². The fraction of sp³-hybridized carbons (Fsp3) is 0.320. The number of carbonyl (C=O) groups excluding carboxylic acids is 1. The zero-order valence-electron chi connectivity index (χ0n) is 19.2. The van der Waals surface area contributed by atoms with Gasteiger partial charge < -0.3 is 0 Å². The SMILES string of the molecule is C#CCN(C)Cc1nnc(C(CC)N(C)C)n1-c1ccccc1C(=O)c1cc(Cl)cc(Cl)c1. The van der Waals surface area contributed by atoms with Crippen molar-refractivity contribution in [2.24, 2.45) is 0 Å². The minimum Gasteiger partial charge on any atom is -0.300 e. The number of rotatable bonds is 9. The molecular formula is C25H27Cl2N5O. The van der Waals surface area contributed by atoms with Crippen LogP contribution in [0.1, 0.15) is 47.0 Å². The second-order valence-electron chi connectivity index (χ2n) is 8.08. The van der Waals surface area contributed by atoms with Gasteiger partial charge in [0.15, 0.2) is 17.4 Å². The molecule has 1 atom stereocenters. The molecule has 2 aromatic carbocycles. The Bertz CT molecular complexity index is 1160.